The molecule has 4 aromatic rings. The van der Waals surface area contributed by atoms with Crippen LogP contribution in [0.5, 0.6) is 5.75 Å². The van der Waals surface area contributed by atoms with Crippen LogP contribution in [0.3, 0.4) is 0 Å². The average Bonchev–Trinajstić information content (AvgIpc) is 3.24. The zero-order chi connectivity index (χ0) is 23.7. The highest BCUT2D eigenvalue weighted by Crippen LogP contribution is 2.36. The van der Waals surface area contributed by atoms with Crippen molar-refractivity contribution in [1.82, 2.24) is 9.97 Å². The highest BCUT2D eigenvalue weighted by atomic mass is 16.5. The predicted octanol–water partition coefficient (Wildman–Crippen LogP) is 5.11. The number of methoxy groups -OCH3 is 1. The third-order valence-corrected chi connectivity index (χ3v) is 5.81. The van der Waals surface area contributed by atoms with E-state index in [2.05, 4.69) is 9.97 Å². The van der Waals surface area contributed by atoms with Crippen LogP contribution in [-0.4, -0.2) is 23.0 Å². The summed E-state index contributed by atoms with van der Waals surface area (Å²) < 4.78 is 11.0. The lowest BCUT2D eigenvalue weighted by molar-refractivity contribution is -0.117. The Kier molecular flexibility index (Phi) is 5.59. The number of carbonyl (C=O) groups excluding carboxylic acids is 1. The predicted molar refractivity (Wildman–Crippen MR) is 132 cm³/mol. The van der Waals surface area contributed by atoms with Crippen molar-refractivity contribution < 1.29 is 13.9 Å². The standard InChI is InChI=1S/C27H24N4O3/c1-17-14-30-27(34-17)22-11-20-6-5-19(21-7-10-25(28)29-15-21)12-24(20)31(26(32)13-22)16-18-3-8-23(33-2)9-4-18/h3-12,14-15H,13,16H2,1-2H3,(H2,28,29). The number of rotatable bonds is 5. The van der Waals surface area contributed by atoms with Crippen molar-refractivity contribution in [1.29, 1.82) is 0 Å². The topological polar surface area (TPSA) is 94.5 Å². The number of nitrogens with two attached hydrogens (primary N) is 1. The highest BCUT2D eigenvalue weighted by molar-refractivity contribution is 6.06. The van der Waals surface area contributed by atoms with Crippen LogP contribution in [0, 0.1) is 6.92 Å². The number of ether oxygens (including phenoxy) is 1. The number of amides is 1. The summed E-state index contributed by atoms with van der Waals surface area (Å²) in [6.07, 6.45) is 5.57. The number of fused-ring (bicyclic) bond motifs is 1. The van der Waals surface area contributed by atoms with Gasteiger partial charge in [-0.2, -0.15) is 0 Å². The lowest BCUT2D eigenvalue weighted by atomic mass is 10.0. The summed E-state index contributed by atoms with van der Waals surface area (Å²) in [4.78, 5) is 23.9. The van der Waals surface area contributed by atoms with Gasteiger partial charge in [-0.25, -0.2) is 9.97 Å². The van der Waals surface area contributed by atoms with Crippen molar-refractivity contribution in [2.24, 2.45) is 0 Å². The van der Waals surface area contributed by atoms with Crippen molar-refractivity contribution in [2.45, 2.75) is 19.9 Å². The van der Waals surface area contributed by atoms with Gasteiger partial charge in [-0.05, 0) is 60.0 Å². The first kappa shape index (κ1) is 21.5. The van der Waals surface area contributed by atoms with E-state index in [4.69, 9.17) is 14.9 Å². The zero-order valence-electron chi connectivity index (χ0n) is 19.0. The molecular formula is C27H24N4O3. The van der Waals surface area contributed by atoms with Gasteiger partial charge in [0.2, 0.25) is 11.8 Å². The van der Waals surface area contributed by atoms with Gasteiger partial charge in [0.15, 0.2) is 0 Å². The molecule has 5 rings (SSSR count). The van der Waals surface area contributed by atoms with Crippen LogP contribution in [0.2, 0.25) is 0 Å². The molecule has 1 amide bonds. The average molecular weight is 453 g/mol. The molecule has 0 bridgehead atoms. The molecule has 0 fully saturated rings. The first-order chi connectivity index (χ1) is 16.5. The SMILES string of the molecule is COc1ccc(CN2C(=O)CC(c3ncc(C)o3)=Cc3ccc(-c4ccc(N)nc4)cc32)cc1. The van der Waals surface area contributed by atoms with Crippen LogP contribution in [-0.2, 0) is 11.3 Å². The summed E-state index contributed by atoms with van der Waals surface area (Å²) in [6.45, 7) is 2.26. The summed E-state index contributed by atoms with van der Waals surface area (Å²) >= 11 is 0. The van der Waals surface area contributed by atoms with Crippen LogP contribution < -0.4 is 15.4 Å². The van der Waals surface area contributed by atoms with Gasteiger partial charge in [0, 0.05) is 17.3 Å². The van der Waals surface area contributed by atoms with Crippen molar-refractivity contribution in [3.05, 3.63) is 89.8 Å². The van der Waals surface area contributed by atoms with Gasteiger partial charge in [0.25, 0.3) is 0 Å². The number of anilines is 2. The maximum absolute atomic E-state index is 13.5. The Morgan fingerprint density at radius 2 is 1.82 bits per heavy atom. The zero-order valence-corrected chi connectivity index (χ0v) is 19.0. The Labute approximate surface area is 197 Å². The van der Waals surface area contributed by atoms with Gasteiger partial charge in [0.1, 0.15) is 17.3 Å². The molecule has 0 saturated carbocycles. The maximum Gasteiger partial charge on any atom is 0.231 e. The second kappa shape index (κ2) is 8.86. The van der Waals surface area contributed by atoms with Gasteiger partial charge in [-0.1, -0.05) is 24.3 Å². The van der Waals surface area contributed by atoms with Crippen molar-refractivity contribution in [3.8, 4) is 16.9 Å². The number of nitrogens with zero attached hydrogens (tertiary/aromatic N) is 3. The number of carbonyl (C=O) groups is 1. The molecule has 1 aliphatic heterocycles. The van der Waals surface area contributed by atoms with Gasteiger partial charge < -0.3 is 19.8 Å². The second-order valence-electron chi connectivity index (χ2n) is 8.20. The van der Waals surface area contributed by atoms with E-state index >= 15 is 0 Å². The smallest absolute Gasteiger partial charge is 0.231 e. The Bertz CT molecular complexity index is 1370. The molecule has 2 N–H and O–H groups in total. The van der Waals surface area contributed by atoms with E-state index in [0.29, 0.717) is 24.0 Å². The van der Waals surface area contributed by atoms with Gasteiger partial charge in [-0.3, -0.25) is 4.79 Å². The number of pyridine rings is 1. The third kappa shape index (κ3) is 4.28. The van der Waals surface area contributed by atoms with Gasteiger partial charge in [-0.15, -0.1) is 0 Å². The second-order valence-corrected chi connectivity index (χ2v) is 8.20. The fourth-order valence-electron chi connectivity index (χ4n) is 4.01. The number of aryl methyl sites for hydroxylation is 1. The summed E-state index contributed by atoms with van der Waals surface area (Å²) in [5.41, 5.74) is 11.1. The van der Waals surface area contributed by atoms with Crippen molar-refractivity contribution in [3.63, 3.8) is 0 Å². The molecule has 0 spiro atoms. The van der Waals surface area contributed by atoms with E-state index in [1.54, 1.807) is 25.6 Å². The first-order valence-corrected chi connectivity index (χ1v) is 10.9. The number of benzene rings is 2. The van der Waals surface area contributed by atoms with Crippen molar-refractivity contribution in [2.75, 3.05) is 17.7 Å². The monoisotopic (exact) mass is 452 g/mol. The van der Waals surface area contributed by atoms with Gasteiger partial charge in [0.05, 0.1) is 32.0 Å². The summed E-state index contributed by atoms with van der Waals surface area (Å²) in [7, 11) is 1.63. The molecule has 1 aliphatic rings. The summed E-state index contributed by atoms with van der Waals surface area (Å²) in [5, 5.41) is 0. The minimum absolute atomic E-state index is 0.0377. The number of hydrogen-bond donors (Lipinski definition) is 1. The van der Waals surface area contributed by atoms with Crippen LogP contribution in [0.15, 0.2) is 71.4 Å². The normalized spacial score (nSPS) is 13.3. The van der Waals surface area contributed by atoms with E-state index < -0.39 is 0 Å². The molecule has 34 heavy (non-hydrogen) atoms. The molecule has 7 nitrogen and oxygen atoms in total. The molecule has 0 saturated heterocycles. The molecule has 0 radical (unpaired) electrons. The van der Waals surface area contributed by atoms with Crippen molar-refractivity contribution >= 4 is 29.1 Å². The molecule has 170 valence electrons. The lowest BCUT2D eigenvalue weighted by Crippen LogP contribution is -2.30. The van der Waals surface area contributed by atoms with E-state index in [1.807, 2.05) is 66.4 Å². The molecule has 0 aliphatic carbocycles. The number of oxazole rings is 1. The minimum Gasteiger partial charge on any atom is -0.497 e. The van der Waals surface area contributed by atoms with Crippen LogP contribution >= 0.6 is 0 Å². The van der Waals surface area contributed by atoms with Crippen LogP contribution in [0.4, 0.5) is 11.5 Å². The third-order valence-electron chi connectivity index (χ3n) is 5.81. The molecule has 2 aromatic carbocycles. The first-order valence-electron chi connectivity index (χ1n) is 10.9. The number of aromatic nitrogens is 2. The molecule has 7 heteroatoms. The quantitative estimate of drug-likeness (QED) is 0.452. The van der Waals surface area contributed by atoms with E-state index in [0.717, 1.165) is 39.3 Å². The Morgan fingerprint density at radius 1 is 1.03 bits per heavy atom. The van der Waals surface area contributed by atoms with E-state index in [-0.39, 0.29) is 12.3 Å². The maximum atomic E-state index is 13.5. The van der Waals surface area contributed by atoms with Crippen LogP contribution in [0.25, 0.3) is 22.8 Å². The molecular weight excluding hydrogens is 428 g/mol. The fraction of sp³-hybridized carbons (Fsp3) is 0.148. The Morgan fingerprint density at radius 3 is 2.50 bits per heavy atom. The van der Waals surface area contributed by atoms with E-state index in [9.17, 15) is 4.79 Å². The fourth-order valence-corrected chi connectivity index (χ4v) is 4.01. The van der Waals surface area contributed by atoms with E-state index in [1.165, 1.54) is 0 Å². The Balaban J connectivity index is 1.59. The minimum atomic E-state index is -0.0377. The largest absolute Gasteiger partial charge is 0.497 e. The summed E-state index contributed by atoms with van der Waals surface area (Å²) in [5.74, 6) is 2.37. The molecule has 0 atom stereocenters. The summed E-state index contributed by atoms with van der Waals surface area (Å²) in [6, 6.07) is 17.5. The Hall–Kier alpha value is -4.39. The molecule has 3 heterocycles. The van der Waals surface area contributed by atoms with Gasteiger partial charge >= 0.3 is 0 Å². The lowest BCUT2D eigenvalue weighted by Gasteiger charge is -2.24. The number of hydrogen-bond acceptors (Lipinski definition) is 6. The van der Waals surface area contributed by atoms with Crippen LogP contribution in [0.1, 0.15) is 29.2 Å². The molecule has 0 unspecified atom stereocenters. The number of nitrogen functional groups attached to an aromatic ring is 1. The molecule has 2 aromatic heterocycles. The highest BCUT2D eigenvalue weighted by Gasteiger charge is 2.26.